The molecule has 0 radical (unpaired) electrons. The Labute approximate surface area is 158 Å². The smallest absolute Gasteiger partial charge is 0.191 e. The van der Waals surface area contributed by atoms with E-state index in [0.717, 1.165) is 61.9 Å². The molecule has 7 heteroatoms. The van der Waals surface area contributed by atoms with Crippen LogP contribution in [-0.2, 0) is 24.1 Å². The zero-order valence-corrected chi connectivity index (χ0v) is 17.4. The molecule has 0 aliphatic carbocycles. The predicted octanol–water partition coefficient (Wildman–Crippen LogP) is 2.21. The summed E-state index contributed by atoms with van der Waals surface area (Å²) in [5.74, 6) is 1.73. The fourth-order valence-corrected chi connectivity index (χ4v) is 2.71. The third-order valence-electron chi connectivity index (χ3n) is 4.14. The lowest BCUT2D eigenvalue weighted by atomic mass is 10.1. The van der Waals surface area contributed by atoms with Crippen LogP contribution in [-0.4, -0.2) is 62.5 Å². The van der Waals surface area contributed by atoms with Crippen molar-refractivity contribution in [2.45, 2.75) is 59.6 Å². The molecule has 0 aliphatic heterocycles. The second kappa shape index (κ2) is 12.7. The van der Waals surface area contributed by atoms with E-state index in [4.69, 9.17) is 14.3 Å². The monoisotopic (exact) mass is 367 g/mol. The third-order valence-corrected chi connectivity index (χ3v) is 4.14. The maximum atomic E-state index is 5.85. The van der Waals surface area contributed by atoms with Gasteiger partial charge in [-0.2, -0.15) is 0 Å². The van der Waals surface area contributed by atoms with Gasteiger partial charge in [-0.05, 0) is 40.8 Å². The average Bonchev–Trinajstić information content (AvgIpc) is 3.03. The van der Waals surface area contributed by atoms with Crippen molar-refractivity contribution in [2.75, 3.05) is 40.3 Å². The van der Waals surface area contributed by atoms with E-state index in [1.54, 1.807) is 0 Å². The molecule has 1 aromatic heterocycles. The van der Waals surface area contributed by atoms with E-state index in [1.807, 2.05) is 6.92 Å². The highest BCUT2D eigenvalue weighted by molar-refractivity contribution is 5.79. The van der Waals surface area contributed by atoms with Crippen LogP contribution in [0.1, 0.15) is 51.1 Å². The Morgan fingerprint density at radius 3 is 2.54 bits per heavy atom. The minimum Gasteiger partial charge on any atom is -0.377 e. The normalized spacial score (nSPS) is 13.3. The molecule has 0 fully saturated rings. The lowest BCUT2D eigenvalue weighted by Gasteiger charge is -2.21. The van der Waals surface area contributed by atoms with Gasteiger partial charge in [-0.25, -0.2) is 4.99 Å². The van der Waals surface area contributed by atoms with Crippen LogP contribution in [0.5, 0.6) is 0 Å². The number of hydrogen-bond donors (Lipinski definition) is 2. The highest BCUT2D eigenvalue weighted by Crippen LogP contribution is 2.16. The van der Waals surface area contributed by atoms with Gasteiger partial charge in [0.15, 0.2) is 5.96 Å². The maximum absolute atomic E-state index is 5.85. The van der Waals surface area contributed by atoms with Crippen molar-refractivity contribution in [3.05, 3.63) is 17.0 Å². The second-order valence-electron chi connectivity index (χ2n) is 6.48. The quantitative estimate of drug-likeness (QED) is 0.436. The molecular formula is C19H37N5O2. The van der Waals surface area contributed by atoms with Gasteiger partial charge in [0.25, 0.3) is 0 Å². The average molecular weight is 368 g/mol. The number of aryl methyl sites for hydroxylation is 2. The first-order valence-corrected chi connectivity index (χ1v) is 9.80. The Morgan fingerprint density at radius 1 is 1.19 bits per heavy atom. The number of guanidine groups is 1. The second-order valence-corrected chi connectivity index (χ2v) is 6.48. The van der Waals surface area contributed by atoms with E-state index in [0.29, 0.717) is 13.2 Å². The fraction of sp³-hybridized carbons (Fsp3) is 0.789. The molecule has 1 aromatic rings. The molecule has 150 valence electrons. The van der Waals surface area contributed by atoms with Gasteiger partial charge in [0.2, 0.25) is 0 Å². The van der Waals surface area contributed by atoms with Crippen molar-refractivity contribution in [3.63, 3.8) is 0 Å². The molecule has 1 atom stereocenters. The Kier molecular flexibility index (Phi) is 11.0. The van der Waals surface area contributed by atoms with Gasteiger partial charge in [0, 0.05) is 38.2 Å². The highest BCUT2D eigenvalue weighted by atomic mass is 16.5. The molecule has 0 aromatic carbocycles. The summed E-state index contributed by atoms with van der Waals surface area (Å²) in [5, 5.41) is 10.9. The number of rotatable bonds is 12. The molecule has 1 heterocycles. The Morgan fingerprint density at radius 2 is 1.96 bits per heavy atom. The summed E-state index contributed by atoms with van der Waals surface area (Å²) in [6, 6.07) is 0. The summed E-state index contributed by atoms with van der Waals surface area (Å²) in [6.07, 6.45) is 2.84. The zero-order chi connectivity index (χ0) is 19.4. The van der Waals surface area contributed by atoms with Crippen LogP contribution >= 0.6 is 0 Å². The van der Waals surface area contributed by atoms with Gasteiger partial charge in [-0.1, -0.05) is 19.0 Å². The van der Waals surface area contributed by atoms with Crippen molar-refractivity contribution in [2.24, 2.45) is 4.99 Å². The molecule has 0 spiro atoms. The van der Waals surface area contributed by atoms with E-state index in [2.05, 4.69) is 55.6 Å². The summed E-state index contributed by atoms with van der Waals surface area (Å²) in [6.45, 7) is 12.1. The van der Waals surface area contributed by atoms with Crippen LogP contribution in [0.15, 0.2) is 9.52 Å². The van der Waals surface area contributed by atoms with Crippen molar-refractivity contribution in [1.29, 1.82) is 0 Å². The van der Waals surface area contributed by atoms with Crippen LogP contribution in [0.3, 0.4) is 0 Å². The van der Waals surface area contributed by atoms with Crippen LogP contribution in [0.25, 0.3) is 0 Å². The first-order chi connectivity index (χ1) is 12.5. The Balaban J connectivity index is 2.71. The predicted molar refractivity (Wildman–Crippen MR) is 107 cm³/mol. The fourth-order valence-electron chi connectivity index (χ4n) is 2.71. The van der Waals surface area contributed by atoms with Gasteiger partial charge in [0.05, 0.1) is 18.3 Å². The highest BCUT2D eigenvalue weighted by Gasteiger charge is 2.14. The summed E-state index contributed by atoms with van der Waals surface area (Å²) < 4.78 is 11.3. The molecule has 0 saturated carbocycles. The van der Waals surface area contributed by atoms with E-state index in [1.165, 1.54) is 0 Å². The summed E-state index contributed by atoms with van der Waals surface area (Å²) in [5.41, 5.74) is 2.11. The van der Waals surface area contributed by atoms with E-state index >= 15 is 0 Å². The number of aliphatic imine (C=N–C) groups is 1. The molecular weight excluding hydrogens is 330 g/mol. The number of ether oxygens (including phenoxy) is 1. The van der Waals surface area contributed by atoms with Crippen molar-refractivity contribution >= 4 is 5.96 Å². The SMILES string of the molecule is CCNC(=NCc1c(CC)noc1CC)NCC(CCN(C)C)OCC. The minimum absolute atomic E-state index is 0.166. The molecule has 0 bridgehead atoms. The largest absolute Gasteiger partial charge is 0.377 e. The lowest BCUT2D eigenvalue weighted by molar-refractivity contribution is 0.0548. The number of hydrogen-bond acceptors (Lipinski definition) is 5. The molecule has 7 nitrogen and oxygen atoms in total. The zero-order valence-electron chi connectivity index (χ0n) is 17.4. The number of nitrogens with zero attached hydrogens (tertiary/aromatic N) is 3. The van der Waals surface area contributed by atoms with Gasteiger partial charge in [-0.15, -0.1) is 0 Å². The molecule has 1 rings (SSSR count). The van der Waals surface area contributed by atoms with Gasteiger partial charge in [-0.3, -0.25) is 0 Å². The summed E-state index contributed by atoms with van der Waals surface area (Å²) in [7, 11) is 4.16. The van der Waals surface area contributed by atoms with Gasteiger partial charge < -0.3 is 24.8 Å². The Hall–Kier alpha value is -1.60. The van der Waals surface area contributed by atoms with Crippen LogP contribution in [0.2, 0.25) is 0 Å². The molecule has 26 heavy (non-hydrogen) atoms. The lowest BCUT2D eigenvalue weighted by Crippen LogP contribution is -2.42. The standard InChI is InChI=1S/C19H37N5O2/c1-7-17-16(18(8-2)26-23-17)14-22-19(20-9-3)21-13-15(25-10-4)11-12-24(5)6/h15H,7-14H2,1-6H3,(H2,20,21,22). The Bertz CT molecular complexity index is 506. The van der Waals surface area contributed by atoms with Crippen LogP contribution in [0, 0.1) is 0 Å². The van der Waals surface area contributed by atoms with Crippen molar-refractivity contribution in [3.8, 4) is 0 Å². The summed E-state index contributed by atoms with van der Waals surface area (Å²) >= 11 is 0. The first kappa shape index (κ1) is 22.4. The van der Waals surface area contributed by atoms with Gasteiger partial charge >= 0.3 is 0 Å². The van der Waals surface area contributed by atoms with Crippen LogP contribution in [0.4, 0.5) is 0 Å². The number of aromatic nitrogens is 1. The van der Waals surface area contributed by atoms with Crippen molar-refractivity contribution < 1.29 is 9.26 Å². The van der Waals surface area contributed by atoms with Gasteiger partial charge in [0.1, 0.15) is 5.76 Å². The summed E-state index contributed by atoms with van der Waals surface area (Å²) in [4.78, 5) is 6.91. The van der Waals surface area contributed by atoms with Crippen molar-refractivity contribution in [1.82, 2.24) is 20.7 Å². The van der Waals surface area contributed by atoms with E-state index in [9.17, 15) is 0 Å². The van der Waals surface area contributed by atoms with Crippen LogP contribution < -0.4 is 10.6 Å². The van der Waals surface area contributed by atoms with E-state index < -0.39 is 0 Å². The third kappa shape index (κ3) is 7.74. The molecule has 1 unspecified atom stereocenters. The topological polar surface area (TPSA) is 74.9 Å². The maximum Gasteiger partial charge on any atom is 0.191 e. The first-order valence-electron chi connectivity index (χ1n) is 9.80. The van der Waals surface area contributed by atoms with E-state index in [-0.39, 0.29) is 6.10 Å². The molecule has 0 amide bonds. The molecule has 2 N–H and O–H groups in total. The number of nitrogens with one attached hydrogen (secondary N) is 2. The minimum atomic E-state index is 0.166. The molecule has 0 saturated heterocycles. The molecule has 0 aliphatic rings.